The summed E-state index contributed by atoms with van der Waals surface area (Å²) in [4.78, 5) is 31.6. The molecule has 0 atom stereocenters. The highest BCUT2D eigenvalue weighted by Crippen LogP contribution is 2.34. The highest BCUT2D eigenvalue weighted by atomic mass is 79.9. The van der Waals surface area contributed by atoms with Crippen molar-refractivity contribution >= 4 is 49.2 Å². The molecule has 0 saturated heterocycles. The third-order valence-electron chi connectivity index (χ3n) is 4.22. The molecule has 0 heterocycles. The lowest BCUT2D eigenvalue weighted by atomic mass is 9.84. The summed E-state index contributed by atoms with van der Waals surface area (Å²) in [6, 6.07) is 9.23. The summed E-state index contributed by atoms with van der Waals surface area (Å²) in [5, 5.41) is 30.6. The van der Waals surface area contributed by atoms with Crippen LogP contribution in [0.4, 0.5) is 11.4 Å². The zero-order chi connectivity index (χ0) is 23.4. The Morgan fingerprint density at radius 1 is 0.875 bits per heavy atom. The zero-order valence-electron chi connectivity index (χ0n) is 16.7. The van der Waals surface area contributed by atoms with Crippen molar-refractivity contribution in [3.8, 4) is 0 Å². The van der Waals surface area contributed by atoms with Crippen LogP contribution in [0, 0.1) is 20.2 Å². The molecule has 0 radical (unpaired) electrons. The van der Waals surface area contributed by atoms with Crippen LogP contribution in [0.25, 0.3) is 0 Å². The topological polar surface area (TPSA) is 150 Å². The molecule has 0 saturated carbocycles. The average molecular weight is 579 g/mol. The Bertz CT molecular complexity index is 988. The number of hydrogen-bond donors (Lipinski definition) is 2. The highest BCUT2D eigenvalue weighted by Gasteiger charge is 2.35. The van der Waals surface area contributed by atoms with Crippen LogP contribution in [-0.4, -0.2) is 20.9 Å². The van der Waals surface area contributed by atoms with E-state index in [1.807, 2.05) is 0 Å². The van der Waals surface area contributed by atoms with Gasteiger partial charge in [-0.2, -0.15) is 0 Å². The molecule has 11 heteroatoms. The first-order chi connectivity index (χ1) is 13.6. The van der Waals surface area contributed by atoms with E-state index in [0.717, 1.165) is 0 Å². The number of halogens is 2. The van der Waals surface area contributed by atoms with Gasteiger partial charge in [0.2, 0.25) is 0 Å². The van der Waals surface area contributed by atoms with Crippen molar-refractivity contribution in [3.05, 3.63) is 76.7 Å². The Hall–Kier alpha value is -2.37. The van der Waals surface area contributed by atoms with Gasteiger partial charge in [0.1, 0.15) is 0 Å². The van der Waals surface area contributed by atoms with Crippen molar-refractivity contribution in [3.63, 3.8) is 0 Å². The smallest absolute Gasteiger partial charge is 0.313 e. The van der Waals surface area contributed by atoms with Crippen molar-refractivity contribution in [2.24, 2.45) is 5.73 Å². The van der Waals surface area contributed by atoms with Gasteiger partial charge in [-0.05, 0) is 52.0 Å². The number of nitro groups is 2. The third kappa shape index (κ3) is 7.95. The molecule has 2 rings (SSSR count). The number of carboxylic acids is 1. The number of benzene rings is 2. The lowest BCUT2D eigenvalue weighted by Gasteiger charge is -2.19. The Morgan fingerprint density at radius 2 is 1.22 bits per heavy atom. The molecule has 0 unspecified atom stereocenters. The van der Waals surface area contributed by atoms with Crippen LogP contribution in [0.5, 0.6) is 0 Å². The summed E-state index contributed by atoms with van der Waals surface area (Å²) in [7, 11) is 0. The summed E-state index contributed by atoms with van der Waals surface area (Å²) in [6.07, 6.45) is 0. The molecule has 0 bridgehead atoms. The molecule has 0 amide bonds. The van der Waals surface area contributed by atoms with E-state index in [0.29, 0.717) is 14.5 Å². The van der Waals surface area contributed by atoms with Gasteiger partial charge in [0.05, 0.1) is 15.3 Å². The van der Waals surface area contributed by atoms with Crippen LogP contribution >= 0.6 is 31.9 Å². The lowest BCUT2D eigenvalue weighted by Crippen LogP contribution is -2.29. The third-order valence-corrected chi connectivity index (χ3v) is 5.20. The molecule has 0 aliphatic rings. The number of nitro benzene ring substituents is 2. The summed E-state index contributed by atoms with van der Waals surface area (Å²) in [5.74, 6) is -1.10. The Labute approximate surface area is 204 Å². The van der Waals surface area contributed by atoms with E-state index in [1.165, 1.54) is 32.0 Å². The van der Waals surface area contributed by atoms with E-state index in [1.54, 1.807) is 32.0 Å². The number of carboxylic acid groups (broad SMARTS) is 1. The fraction of sp³-hybridized carbons (Fsp3) is 0.381. The lowest BCUT2D eigenvalue weighted by molar-refractivity contribution is -0.386. The van der Waals surface area contributed by atoms with Gasteiger partial charge in [0, 0.05) is 37.7 Å². The SMILES string of the molecule is C.C.CC(C)(C(=O)O)c1ccc(Br)cc1[N+](=O)[O-].CC(C)(N)c1ccc(Br)cc1[N+](=O)[O-]. The number of aliphatic carboxylic acids is 1. The molecule has 0 spiro atoms. The Morgan fingerprint density at radius 3 is 1.53 bits per heavy atom. The zero-order valence-corrected chi connectivity index (χ0v) is 19.9. The number of nitrogens with zero attached hydrogens (tertiary/aromatic N) is 2. The maximum Gasteiger partial charge on any atom is 0.313 e. The van der Waals surface area contributed by atoms with E-state index >= 15 is 0 Å². The van der Waals surface area contributed by atoms with Gasteiger partial charge in [-0.3, -0.25) is 25.0 Å². The molecule has 0 aromatic heterocycles. The summed E-state index contributed by atoms with van der Waals surface area (Å²) < 4.78 is 1.22. The number of nitrogens with two attached hydrogens (primary N) is 1. The van der Waals surface area contributed by atoms with Gasteiger partial charge in [0.25, 0.3) is 11.4 Å². The van der Waals surface area contributed by atoms with Gasteiger partial charge >= 0.3 is 5.97 Å². The average Bonchev–Trinajstić information content (AvgIpc) is 2.60. The van der Waals surface area contributed by atoms with Crippen molar-refractivity contribution in [2.75, 3.05) is 0 Å². The van der Waals surface area contributed by atoms with Gasteiger partial charge in [-0.1, -0.05) is 46.7 Å². The van der Waals surface area contributed by atoms with Crippen molar-refractivity contribution in [1.29, 1.82) is 0 Å². The monoisotopic (exact) mass is 577 g/mol. The van der Waals surface area contributed by atoms with Gasteiger partial charge in [-0.15, -0.1) is 0 Å². The molecule has 2 aromatic carbocycles. The highest BCUT2D eigenvalue weighted by molar-refractivity contribution is 9.10. The minimum atomic E-state index is -1.29. The van der Waals surface area contributed by atoms with E-state index < -0.39 is 26.8 Å². The maximum absolute atomic E-state index is 11.0. The van der Waals surface area contributed by atoms with E-state index in [-0.39, 0.29) is 31.8 Å². The summed E-state index contributed by atoms with van der Waals surface area (Å²) in [5.41, 5.74) is 4.41. The Balaban J connectivity index is 0. The first-order valence-electron chi connectivity index (χ1n) is 8.50. The van der Waals surface area contributed by atoms with Crippen LogP contribution in [0.1, 0.15) is 53.7 Å². The predicted molar refractivity (Wildman–Crippen MR) is 133 cm³/mol. The standard InChI is InChI=1S/C10H10BrNO4.C9H11BrN2O2.2CH4/c1-10(2,9(13)14)7-4-3-6(11)5-8(7)12(15)16;1-9(2,11)7-4-3-6(10)5-8(7)12(13)14;;/h3-5H,1-2H3,(H,13,14);3-5H,11H2,1-2H3;2*1H4. The van der Waals surface area contributed by atoms with Gasteiger partial charge in [0.15, 0.2) is 0 Å². The minimum Gasteiger partial charge on any atom is -0.481 e. The Kier molecular flexibility index (Phi) is 12.0. The van der Waals surface area contributed by atoms with Crippen LogP contribution < -0.4 is 5.73 Å². The molecule has 0 aliphatic heterocycles. The maximum atomic E-state index is 11.0. The van der Waals surface area contributed by atoms with E-state index in [2.05, 4.69) is 31.9 Å². The molecule has 178 valence electrons. The summed E-state index contributed by atoms with van der Waals surface area (Å²) in [6.45, 7) is 6.35. The van der Waals surface area contributed by atoms with Gasteiger partial charge in [-0.25, -0.2) is 0 Å². The van der Waals surface area contributed by atoms with Crippen LogP contribution in [0.15, 0.2) is 45.3 Å². The molecule has 0 aliphatic carbocycles. The molecule has 0 fully saturated rings. The van der Waals surface area contributed by atoms with E-state index in [4.69, 9.17) is 10.8 Å². The second-order valence-corrected chi connectivity index (χ2v) is 9.32. The number of rotatable bonds is 5. The predicted octanol–water partition coefficient (Wildman–Crippen LogP) is 6.54. The van der Waals surface area contributed by atoms with Gasteiger partial charge < -0.3 is 10.8 Å². The molecule has 9 nitrogen and oxygen atoms in total. The number of carbonyl (C=O) groups is 1. The first-order valence-corrected chi connectivity index (χ1v) is 10.1. The normalized spacial score (nSPS) is 10.6. The number of hydrogen-bond acceptors (Lipinski definition) is 6. The molecule has 3 N–H and O–H groups in total. The van der Waals surface area contributed by atoms with Crippen LogP contribution in [0.3, 0.4) is 0 Å². The summed E-state index contributed by atoms with van der Waals surface area (Å²) >= 11 is 6.30. The second-order valence-electron chi connectivity index (χ2n) is 7.49. The quantitative estimate of drug-likeness (QED) is 0.302. The fourth-order valence-corrected chi connectivity index (χ4v) is 3.20. The molecule has 32 heavy (non-hydrogen) atoms. The first kappa shape index (κ1) is 31.8. The van der Waals surface area contributed by atoms with Crippen molar-refractivity contribution < 1.29 is 19.7 Å². The van der Waals surface area contributed by atoms with Crippen molar-refractivity contribution in [2.45, 2.75) is 53.5 Å². The largest absolute Gasteiger partial charge is 0.481 e. The molecular formula is C21H29Br2N3O6. The second kappa shape index (κ2) is 12.0. The minimum absolute atomic E-state index is 0. The fourth-order valence-electron chi connectivity index (χ4n) is 2.50. The van der Waals surface area contributed by atoms with Crippen LogP contribution in [-0.2, 0) is 15.7 Å². The van der Waals surface area contributed by atoms with Crippen LogP contribution in [0.2, 0.25) is 0 Å². The molecular weight excluding hydrogens is 550 g/mol. The molecule has 2 aromatic rings. The van der Waals surface area contributed by atoms with E-state index in [9.17, 15) is 25.0 Å². The van der Waals surface area contributed by atoms with Crippen molar-refractivity contribution in [1.82, 2.24) is 0 Å².